The Morgan fingerprint density at radius 1 is 1.21 bits per heavy atom. The molecule has 2 saturated carbocycles. The van der Waals surface area contributed by atoms with E-state index >= 15 is 0 Å². The van der Waals surface area contributed by atoms with Crippen molar-refractivity contribution in [3.63, 3.8) is 0 Å². The van der Waals surface area contributed by atoms with Crippen LogP contribution in [0.4, 0.5) is 0 Å². The van der Waals surface area contributed by atoms with Crippen molar-refractivity contribution in [3.05, 3.63) is 0 Å². The molecular formula is C14H23NO3S. The van der Waals surface area contributed by atoms with Crippen LogP contribution in [0.5, 0.6) is 0 Å². The van der Waals surface area contributed by atoms with E-state index in [1.54, 1.807) is 0 Å². The van der Waals surface area contributed by atoms with Crippen LogP contribution in [0.3, 0.4) is 0 Å². The number of fused-ring (bicyclic) bond motifs is 2. The second kappa shape index (κ2) is 4.76. The van der Waals surface area contributed by atoms with Crippen LogP contribution in [0, 0.1) is 23.7 Å². The van der Waals surface area contributed by atoms with Crippen molar-refractivity contribution < 1.29 is 13.2 Å². The van der Waals surface area contributed by atoms with Crippen molar-refractivity contribution in [2.24, 2.45) is 23.7 Å². The number of hydrogen-bond donors (Lipinski definition) is 1. The van der Waals surface area contributed by atoms with E-state index in [0.717, 1.165) is 11.8 Å². The summed E-state index contributed by atoms with van der Waals surface area (Å²) >= 11 is 0. The lowest BCUT2D eigenvalue weighted by atomic mass is 9.84. The minimum absolute atomic E-state index is 0.0439. The molecule has 0 aromatic carbocycles. The summed E-state index contributed by atoms with van der Waals surface area (Å²) < 4.78 is 22.8. The number of rotatable bonds is 3. The third-order valence-corrected chi connectivity index (χ3v) is 7.18. The molecule has 5 heteroatoms. The lowest BCUT2D eigenvalue weighted by Crippen LogP contribution is -2.43. The van der Waals surface area contributed by atoms with Gasteiger partial charge in [-0.05, 0) is 50.4 Å². The van der Waals surface area contributed by atoms with Crippen LogP contribution < -0.4 is 5.32 Å². The molecule has 0 aromatic heterocycles. The van der Waals surface area contributed by atoms with Gasteiger partial charge in [-0.25, -0.2) is 8.42 Å². The van der Waals surface area contributed by atoms with Gasteiger partial charge in [-0.1, -0.05) is 6.42 Å². The summed E-state index contributed by atoms with van der Waals surface area (Å²) in [7, 11) is -2.96. The monoisotopic (exact) mass is 285 g/mol. The van der Waals surface area contributed by atoms with E-state index in [1.165, 1.54) is 25.7 Å². The van der Waals surface area contributed by atoms with Crippen LogP contribution in [-0.4, -0.2) is 31.9 Å². The molecule has 3 rings (SSSR count). The van der Waals surface area contributed by atoms with Crippen LogP contribution in [0.2, 0.25) is 0 Å². The number of carbonyl (C=O) groups is 1. The molecule has 0 aromatic rings. The van der Waals surface area contributed by atoms with Crippen molar-refractivity contribution in [1.82, 2.24) is 5.32 Å². The van der Waals surface area contributed by atoms with Gasteiger partial charge in [0.05, 0.1) is 17.4 Å². The largest absolute Gasteiger partial charge is 0.353 e. The number of sulfone groups is 1. The van der Waals surface area contributed by atoms with Gasteiger partial charge >= 0.3 is 0 Å². The van der Waals surface area contributed by atoms with Crippen molar-refractivity contribution in [2.45, 2.75) is 45.1 Å². The van der Waals surface area contributed by atoms with E-state index in [0.29, 0.717) is 12.3 Å². The summed E-state index contributed by atoms with van der Waals surface area (Å²) in [5.41, 5.74) is 0. The molecule has 3 fully saturated rings. The summed E-state index contributed by atoms with van der Waals surface area (Å²) in [6.45, 7) is 2.09. The molecule has 1 saturated heterocycles. The lowest BCUT2D eigenvalue weighted by molar-refractivity contribution is -0.125. The zero-order valence-corrected chi connectivity index (χ0v) is 12.3. The van der Waals surface area contributed by atoms with Crippen molar-refractivity contribution in [3.8, 4) is 0 Å². The minimum atomic E-state index is -2.96. The summed E-state index contributed by atoms with van der Waals surface area (Å²) in [5.74, 6) is 2.13. The minimum Gasteiger partial charge on any atom is -0.353 e. The number of carbonyl (C=O) groups excluding carboxylic acids is 1. The summed E-state index contributed by atoms with van der Waals surface area (Å²) in [5, 5.41) is 3.08. The van der Waals surface area contributed by atoms with Crippen LogP contribution >= 0.6 is 0 Å². The van der Waals surface area contributed by atoms with Crippen LogP contribution in [-0.2, 0) is 14.6 Å². The zero-order chi connectivity index (χ0) is 13.6. The Balaban J connectivity index is 1.55. The highest BCUT2D eigenvalue weighted by atomic mass is 32.2. The first-order valence-electron chi connectivity index (χ1n) is 7.45. The number of hydrogen-bond acceptors (Lipinski definition) is 3. The molecule has 0 radical (unpaired) electrons. The van der Waals surface area contributed by atoms with Gasteiger partial charge in [0.2, 0.25) is 5.91 Å². The molecule has 0 spiro atoms. The Hall–Kier alpha value is -0.580. The van der Waals surface area contributed by atoms with Crippen LogP contribution in [0.15, 0.2) is 0 Å². The number of amides is 1. The van der Waals surface area contributed by atoms with E-state index in [4.69, 9.17) is 0 Å². The highest BCUT2D eigenvalue weighted by Crippen LogP contribution is 2.49. The first-order valence-corrected chi connectivity index (χ1v) is 9.27. The topological polar surface area (TPSA) is 63.2 Å². The van der Waals surface area contributed by atoms with Gasteiger partial charge in [0.1, 0.15) is 0 Å². The fourth-order valence-electron chi connectivity index (χ4n) is 4.36. The van der Waals surface area contributed by atoms with Crippen LogP contribution in [0.25, 0.3) is 0 Å². The smallest absolute Gasteiger partial charge is 0.224 e. The van der Waals surface area contributed by atoms with Crippen molar-refractivity contribution in [2.75, 3.05) is 11.5 Å². The molecule has 108 valence electrons. The standard InChI is InChI=1S/C14H23NO3S/c1-9(13-7-10-2-3-11(13)6-10)15-14(16)12-4-5-19(17,18)8-12/h9-13H,2-8H2,1H3,(H,15,16)/t9-,10-,11-,12+,13-/m0/s1. The normalized spacial score (nSPS) is 41.3. The maximum atomic E-state index is 12.1. The Labute approximate surface area is 115 Å². The lowest BCUT2D eigenvalue weighted by Gasteiger charge is -2.29. The maximum Gasteiger partial charge on any atom is 0.224 e. The van der Waals surface area contributed by atoms with E-state index in [-0.39, 0.29) is 29.4 Å². The molecule has 1 amide bonds. The summed E-state index contributed by atoms with van der Waals surface area (Å²) in [6.07, 6.45) is 5.76. The van der Waals surface area contributed by atoms with Crippen LogP contribution in [0.1, 0.15) is 39.0 Å². The van der Waals surface area contributed by atoms with E-state index in [9.17, 15) is 13.2 Å². The second-order valence-corrected chi connectivity index (χ2v) is 8.96. The molecule has 2 bridgehead atoms. The average molecular weight is 285 g/mol. The Morgan fingerprint density at radius 2 is 2.00 bits per heavy atom. The van der Waals surface area contributed by atoms with Crippen molar-refractivity contribution in [1.29, 1.82) is 0 Å². The molecule has 1 aliphatic heterocycles. The molecule has 5 atom stereocenters. The van der Waals surface area contributed by atoms with E-state index in [1.807, 2.05) is 0 Å². The third-order valence-electron chi connectivity index (χ3n) is 5.41. The predicted octanol–water partition coefficient (Wildman–Crippen LogP) is 1.36. The first kappa shape index (κ1) is 13.4. The molecule has 0 unspecified atom stereocenters. The molecule has 3 aliphatic rings. The Morgan fingerprint density at radius 3 is 2.53 bits per heavy atom. The molecule has 2 aliphatic carbocycles. The van der Waals surface area contributed by atoms with Crippen molar-refractivity contribution >= 4 is 15.7 Å². The molecule has 4 nitrogen and oxygen atoms in total. The SMILES string of the molecule is C[C@H](NC(=O)[C@@H]1CCS(=O)(=O)C1)[C@@H]1C[C@H]2CC[C@H]1C2. The molecular weight excluding hydrogens is 262 g/mol. The highest BCUT2D eigenvalue weighted by Gasteiger charge is 2.43. The zero-order valence-electron chi connectivity index (χ0n) is 11.5. The first-order chi connectivity index (χ1) is 8.94. The average Bonchev–Trinajstić information content (AvgIpc) is 3.02. The fourth-order valence-corrected chi connectivity index (χ4v) is 6.10. The van der Waals surface area contributed by atoms with Gasteiger partial charge in [-0.3, -0.25) is 4.79 Å². The fraction of sp³-hybridized carbons (Fsp3) is 0.929. The molecule has 1 N–H and O–H groups in total. The van der Waals surface area contributed by atoms with Gasteiger partial charge in [0, 0.05) is 6.04 Å². The maximum absolute atomic E-state index is 12.1. The van der Waals surface area contributed by atoms with E-state index in [2.05, 4.69) is 12.2 Å². The molecule has 19 heavy (non-hydrogen) atoms. The second-order valence-electron chi connectivity index (χ2n) is 6.74. The van der Waals surface area contributed by atoms with Gasteiger partial charge in [0.25, 0.3) is 0 Å². The Kier molecular flexibility index (Phi) is 3.36. The van der Waals surface area contributed by atoms with Gasteiger partial charge in [-0.2, -0.15) is 0 Å². The van der Waals surface area contributed by atoms with E-state index < -0.39 is 9.84 Å². The van der Waals surface area contributed by atoms with Gasteiger partial charge in [0.15, 0.2) is 9.84 Å². The quantitative estimate of drug-likeness (QED) is 0.851. The van der Waals surface area contributed by atoms with Gasteiger partial charge in [-0.15, -0.1) is 0 Å². The highest BCUT2D eigenvalue weighted by molar-refractivity contribution is 7.91. The predicted molar refractivity (Wildman–Crippen MR) is 73.3 cm³/mol. The summed E-state index contributed by atoms with van der Waals surface area (Å²) in [4.78, 5) is 12.1. The number of nitrogens with one attached hydrogen (secondary N) is 1. The molecule has 1 heterocycles. The third kappa shape index (κ3) is 2.67. The van der Waals surface area contributed by atoms with Gasteiger partial charge < -0.3 is 5.32 Å². The Bertz CT molecular complexity index is 473. The summed E-state index contributed by atoms with van der Waals surface area (Å²) in [6, 6.07) is 0.200.